The molecule has 2 aromatic heterocycles. The van der Waals surface area contributed by atoms with Crippen LogP contribution in [0.5, 0.6) is 0 Å². The summed E-state index contributed by atoms with van der Waals surface area (Å²) in [6, 6.07) is 8.57. The van der Waals surface area contributed by atoms with Crippen LogP contribution >= 0.6 is 11.6 Å². The van der Waals surface area contributed by atoms with Gasteiger partial charge in [0.2, 0.25) is 0 Å². The molecule has 0 amide bonds. The number of fused-ring (bicyclic) bond motifs is 1. The lowest BCUT2D eigenvalue weighted by atomic mass is 10.2. The molecule has 0 saturated heterocycles. The van der Waals surface area contributed by atoms with Crippen molar-refractivity contribution in [2.24, 2.45) is 0 Å². The van der Waals surface area contributed by atoms with E-state index in [2.05, 4.69) is 9.97 Å². The second-order valence-corrected chi connectivity index (χ2v) is 5.41. The highest BCUT2D eigenvalue weighted by molar-refractivity contribution is 6.32. The molecule has 1 aromatic carbocycles. The molecule has 3 aromatic rings. The Morgan fingerprint density at radius 2 is 2.04 bits per heavy atom. The smallest absolute Gasteiger partial charge is 0.357 e. The lowest BCUT2D eigenvalue weighted by Crippen LogP contribution is -2.27. The second-order valence-electron chi connectivity index (χ2n) is 5.06. The molecule has 0 aliphatic carbocycles. The van der Waals surface area contributed by atoms with Crippen molar-refractivity contribution in [3.8, 4) is 0 Å². The van der Waals surface area contributed by atoms with Gasteiger partial charge in [-0.25, -0.2) is 14.8 Å². The van der Waals surface area contributed by atoms with Crippen LogP contribution in [0.3, 0.4) is 0 Å². The minimum Gasteiger partial charge on any atom is -0.363 e. The van der Waals surface area contributed by atoms with Crippen LogP contribution in [0.2, 0.25) is 5.15 Å². The molecule has 3 rings (SSSR count). The monoisotopic (exact) mass is 330 g/mol. The summed E-state index contributed by atoms with van der Waals surface area (Å²) in [5, 5.41) is 1.85. The van der Waals surface area contributed by atoms with Crippen molar-refractivity contribution in [1.82, 2.24) is 19.4 Å². The molecule has 0 unspecified atom stereocenters. The number of rotatable bonds is 4. The van der Waals surface area contributed by atoms with E-state index in [1.54, 1.807) is 49.9 Å². The Balaban J connectivity index is 1.80. The zero-order valence-electron chi connectivity index (χ0n) is 12.7. The van der Waals surface area contributed by atoms with Crippen LogP contribution in [-0.2, 0) is 4.84 Å². The zero-order chi connectivity index (χ0) is 16.4. The molecule has 0 aliphatic heterocycles. The number of aromatic nitrogens is 3. The Kier molecular flexibility index (Phi) is 4.27. The van der Waals surface area contributed by atoms with Gasteiger partial charge in [-0.3, -0.25) is 4.40 Å². The van der Waals surface area contributed by atoms with Crippen LogP contribution in [0.4, 0.5) is 0 Å². The third kappa shape index (κ3) is 3.04. The summed E-state index contributed by atoms with van der Waals surface area (Å²) in [4.78, 5) is 25.9. The Labute approximate surface area is 138 Å². The van der Waals surface area contributed by atoms with Crippen molar-refractivity contribution >= 4 is 23.1 Å². The van der Waals surface area contributed by atoms with E-state index in [0.717, 1.165) is 0 Å². The molecule has 0 saturated carbocycles. The number of carbonyl (C=O) groups excluding carboxylic acids is 1. The topological polar surface area (TPSA) is 59.7 Å². The summed E-state index contributed by atoms with van der Waals surface area (Å²) in [6.07, 6.45) is 5.02. The third-order valence-electron chi connectivity index (χ3n) is 3.60. The Bertz CT molecular complexity index is 834. The number of hydrogen-bond donors (Lipinski definition) is 0. The molecule has 6 nitrogen and oxygen atoms in total. The van der Waals surface area contributed by atoms with Crippen molar-refractivity contribution in [3.05, 3.63) is 65.5 Å². The summed E-state index contributed by atoms with van der Waals surface area (Å²) >= 11 is 6.05. The molecule has 118 valence electrons. The van der Waals surface area contributed by atoms with Crippen molar-refractivity contribution in [2.75, 3.05) is 7.05 Å². The van der Waals surface area contributed by atoms with Gasteiger partial charge in [-0.1, -0.05) is 29.8 Å². The lowest BCUT2D eigenvalue weighted by molar-refractivity contribution is -0.118. The first-order valence-corrected chi connectivity index (χ1v) is 7.43. The van der Waals surface area contributed by atoms with E-state index in [4.69, 9.17) is 16.4 Å². The normalized spacial score (nSPS) is 12.5. The van der Waals surface area contributed by atoms with Gasteiger partial charge in [-0.15, -0.1) is 5.06 Å². The second kappa shape index (κ2) is 6.36. The van der Waals surface area contributed by atoms with E-state index >= 15 is 0 Å². The van der Waals surface area contributed by atoms with E-state index in [0.29, 0.717) is 22.1 Å². The largest absolute Gasteiger partial charge is 0.363 e. The van der Waals surface area contributed by atoms with Crippen LogP contribution < -0.4 is 0 Å². The van der Waals surface area contributed by atoms with E-state index in [9.17, 15) is 4.79 Å². The predicted molar refractivity (Wildman–Crippen MR) is 86.0 cm³/mol. The molecule has 0 N–H and O–H groups in total. The predicted octanol–water partition coefficient (Wildman–Crippen LogP) is 3.15. The van der Waals surface area contributed by atoms with Gasteiger partial charge in [0.15, 0.2) is 5.15 Å². The first kappa shape index (κ1) is 15.5. The van der Waals surface area contributed by atoms with Gasteiger partial charge in [0.1, 0.15) is 17.4 Å². The van der Waals surface area contributed by atoms with Crippen molar-refractivity contribution in [1.29, 1.82) is 0 Å². The summed E-state index contributed by atoms with van der Waals surface area (Å²) in [7, 11) is 1.69. The van der Waals surface area contributed by atoms with Crippen LogP contribution in [0, 0.1) is 0 Å². The quantitative estimate of drug-likeness (QED) is 0.688. The SMILES string of the molecule is C[C@@H](c1ncc2c(Cl)nccn12)N(C)OC(=O)c1ccccc1. The molecular weight excluding hydrogens is 316 g/mol. The fraction of sp³-hybridized carbons (Fsp3) is 0.188. The zero-order valence-corrected chi connectivity index (χ0v) is 13.4. The van der Waals surface area contributed by atoms with Gasteiger partial charge >= 0.3 is 5.97 Å². The van der Waals surface area contributed by atoms with Crippen molar-refractivity contribution < 1.29 is 9.63 Å². The van der Waals surface area contributed by atoms with Crippen molar-refractivity contribution in [3.63, 3.8) is 0 Å². The number of carbonyl (C=O) groups is 1. The number of hydroxylamine groups is 2. The minimum atomic E-state index is -0.416. The summed E-state index contributed by atoms with van der Waals surface area (Å²) < 4.78 is 1.83. The van der Waals surface area contributed by atoms with Crippen LogP contribution in [0.1, 0.15) is 29.1 Å². The lowest BCUT2D eigenvalue weighted by Gasteiger charge is -2.22. The van der Waals surface area contributed by atoms with Gasteiger partial charge in [-0.05, 0) is 19.1 Å². The number of imidazole rings is 1. The van der Waals surface area contributed by atoms with Crippen LogP contribution in [0.15, 0.2) is 48.9 Å². The summed E-state index contributed by atoms with van der Waals surface area (Å²) in [5.74, 6) is 0.285. The highest BCUT2D eigenvalue weighted by atomic mass is 35.5. The first-order valence-electron chi connectivity index (χ1n) is 7.05. The molecule has 0 fully saturated rings. The Hall–Kier alpha value is -2.44. The van der Waals surface area contributed by atoms with Gasteiger partial charge in [0, 0.05) is 19.4 Å². The highest BCUT2D eigenvalue weighted by Crippen LogP contribution is 2.22. The maximum Gasteiger partial charge on any atom is 0.357 e. The number of halogens is 1. The summed E-state index contributed by atoms with van der Waals surface area (Å²) in [5.41, 5.74) is 1.20. The molecule has 0 radical (unpaired) electrons. The Morgan fingerprint density at radius 3 is 2.78 bits per heavy atom. The van der Waals surface area contributed by atoms with Gasteiger partial charge in [-0.2, -0.15) is 0 Å². The van der Waals surface area contributed by atoms with Gasteiger partial charge in [0.25, 0.3) is 0 Å². The maximum atomic E-state index is 12.1. The standard InChI is InChI=1S/C16H15ClN4O2/c1-11(15-19-10-13-14(17)18-8-9-21(13)15)20(2)23-16(22)12-6-4-3-5-7-12/h3-11H,1-2H3/t11-/m0/s1. The van der Waals surface area contributed by atoms with E-state index in [-0.39, 0.29) is 6.04 Å². The number of nitrogens with zero attached hydrogens (tertiary/aromatic N) is 4. The molecule has 0 bridgehead atoms. The number of benzene rings is 1. The third-order valence-corrected chi connectivity index (χ3v) is 3.89. The van der Waals surface area contributed by atoms with Gasteiger partial charge < -0.3 is 4.84 Å². The van der Waals surface area contributed by atoms with E-state index in [1.807, 2.05) is 17.4 Å². The van der Waals surface area contributed by atoms with Crippen LogP contribution in [0.25, 0.3) is 5.52 Å². The minimum absolute atomic E-state index is 0.261. The fourth-order valence-corrected chi connectivity index (χ4v) is 2.42. The molecule has 2 heterocycles. The number of hydrogen-bond acceptors (Lipinski definition) is 5. The first-order chi connectivity index (χ1) is 11.1. The highest BCUT2D eigenvalue weighted by Gasteiger charge is 2.21. The van der Waals surface area contributed by atoms with E-state index in [1.165, 1.54) is 5.06 Å². The fourth-order valence-electron chi connectivity index (χ4n) is 2.22. The molecule has 1 atom stereocenters. The average Bonchev–Trinajstić information content (AvgIpc) is 3.00. The van der Waals surface area contributed by atoms with Crippen LogP contribution in [-0.4, -0.2) is 32.4 Å². The molecular formula is C16H15ClN4O2. The molecule has 0 spiro atoms. The van der Waals surface area contributed by atoms with Crippen molar-refractivity contribution in [2.45, 2.75) is 13.0 Å². The maximum absolute atomic E-state index is 12.1. The molecule has 7 heteroatoms. The Morgan fingerprint density at radius 1 is 1.30 bits per heavy atom. The summed E-state index contributed by atoms with van der Waals surface area (Å²) in [6.45, 7) is 1.89. The molecule has 23 heavy (non-hydrogen) atoms. The molecule has 0 aliphatic rings. The average molecular weight is 331 g/mol. The van der Waals surface area contributed by atoms with Gasteiger partial charge in [0.05, 0.1) is 11.8 Å². The van der Waals surface area contributed by atoms with E-state index < -0.39 is 5.97 Å².